The molecule has 0 aliphatic carbocycles. The summed E-state index contributed by atoms with van der Waals surface area (Å²) in [5, 5.41) is 14.2. The van der Waals surface area contributed by atoms with Crippen molar-refractivity contribution >= 4 is 28.1 Å². The Labute approximate surface area is 101 Å². The third kappa shape index (κ3) is 2.62. The van der Waals surface area contributed by atoms with E-state index in [1.165, 1.54) is 22.8 Å². The zero-order valence-corrected chi connectivity index (χ0v) is 9.65. The van der Waals surface area contributed by atoms with Gasteiger partial charge in [0.1, 0.15) is 5.82 Å². The average Bonchev–Trinajstić information content (AvgIpc) is 2.66. The van der Waals surface area contributed by atoms with Crippen molar-refractivity contribution in [3.63, 3.8) is 0 Å². The van der Waals surface area contributed by atoms with Crippen LogP contribution in [0.15, 0.2) is 23.6 Å². The molecule has 1 heterocycles. The highest BCUT2D eigenvalue weighted by molar-refractivity contribution is 7.13. The lowest BCUT2D eigenvalue weighted by Crippen LogP contribution is -1.98. The highest BCUT2D eigenvalue weighted by Gasteiger charge is 2.02. The van der Waals surface area contributed by atoms with Crippen molar-refractivity contribution in [2.75, 3.05) is 5.32 Å². The van der Waals surface area contributed by atoms with Gasteiger partial charge in [-0.2, -0.15) is 4.98 Å². The number of hydrogen-bond acceptors (Lipinski definition) is 4. The molecular weight excluding hydrogens is 251 g/mol. The second kappa shape index (κ2) is 4.67. The Bertz CT molecular complexity index is 503. The third-order valence-electron chi connectivity index (χ3n) is 1.92. The Kier molecular flexibility index (Phi) is 3.26. The van der Waals surface area contributed by atoms with Gasteiger partial charge in [0.25, 0.3) is 0 Å². The molecule has 0 fully saturated rings. The van der Waals surface area contributed by atoms with Gasteiger partial charge in [0.2, 0.25) is 5.88 Å². The molecule has 2 aromatic rings. The molecule has 0 saturated carbocycles. The fraction of sp³-hybridized carbons (Fsp3) is 0.100. The van der Waals surface area contributed by atoms with Gasteiger partial charge in [0, 0.05) is 6.54 Å². The number of nitrogens with zero attached hydrogens (tertiary/aromatic N) is 1. The molecular formula is C10H8ClFN2OS. The van der Waals surface area contributed by atoms with Gasteiger partial charge in [-0.05, 0) is 17.7 Å². The predicted molar refractivity (Wildman–Crippen MR) is 62.5 cm³/mol. The molecule has 0 aliphatic heterocycles. The first-order valence-corrected chi connectivity index (χ1v) is 5.73. The van der Waals surface area contributed by atoms with E-state index in [0.29, 0.717) is 11.7 Å². The van der Waals surface area contributed by atoms with Gasteiger partial charge in [0.05, 0.1) is 10.4 Å². The summed E-state index contributed by atoms with van der Waals surface area (Å²) in [4.78, 5) is 3.82. The van der Waals surface area contributed by atoms with Crippen LogP contribution in [-0.4, -0.2) is 10.1 Å². The average molecular weight is 259 g/mol. The van der Waals surface area contributed by atoms with E-state index in [9.17, 15) is 4.39 Å². The molecule has 0 aliphatic rings. The molecule has 0 spiro atoms. The van der Waals surface area contributed by atoms with E-state index in [2.05, 4.69) is 10.3 Å². The molecule has 0 saturated heterocycles. The number of benzene rings is 1. The van der Waals surface area contributed by atoms with Crippen molar-refractivity contribution in [3.05, 3.63) is 40.0 Å². The number of anilines is 1. The van der Waals surface area contributed by atoms with Gasteiger partial charge >= 0.3 is 0 Å². The molecule has 0 radical (unpaired) electrons. The summed E-state index contributed by atoms with van der Waals surface area (Å²) in [7, 11) is 0. The van der Waals surface area contributed by atoms with E-state index in [4.69, 9.17) is 16.7 Å². The molecule has 2 N–H and O–H groups in total. The topological polar surface area (TPSA) is 45.1 Å². The summed E-state index contributed by atoms with van der Waals surface area (Å²) >= 11 is 6.94. The summed E-state index contributed by atoms with van der Waals surface area (Å²) in [5.74, 6) is -0.443. The molecule has 0 unspecified atom stereocenters. The molecule has 0 amide bonds. The van der Waals surface area contributed by atoms with Gasteiger partial charge in [-0.15, -0.1) is 11.3 Å². The Morgan fingerprint density at radius 3 is 2.94 bits per heavy atom. The molecule has 0 bridgehead atoms. The number of aromatic hydroxyl groups is 1. The fourth-order valence-corrected chi connectivity index (χ4v) is 1.95. The number of nitrogens with one attached hydrogen (secondary N) is 1. The van der Waals surface area contributed by atoms with Crippen molar-refractivity contribution in [1.82, 2.24) is 4.98 Å². The first-order chi connectivity index (χ1) is 7.65. The molecule has 0 atom stereocenters. The summed E-state index contributed by atoms with van der Waals surface area (Å²) in [6, 6.07) is 4.51. The Balaban J connectivity index is 2.02. The van der Waals surface area contributed by atoms with E-state index >= 15 is 0 Å². The number of rotatable bonds is 3. The lowest BCUT2D eigenvalue weighted by Gasteiger charge is -2.03. The first kappa shape index (κ1) is 11.2. The zero-order valence-electron chi connectivity index (χ0n) is 8.08. The number of hydrogen-bond donors (Lipinski definition) is 2. The lowest BCUT2D eigenvalue weighted by atomic mass is 10.2. The van der Waals surface area contributed by atoms with Crippen LogP contribution in [0.5, 0.6) is 5.88 Å². The standard InChI is InChI=1S/C10H8ClFN2OS/c11-7-3-6(1-2-8(7)12)4-13-10-14-9(15)5-16-10/h1-3,5,15H,4H2,(H,13,14). The fourth-order valence-electron chi connectivity index (χ4n) is 1.17. The summed E-state index contributed by atoms with van der Waals surface area (Å²) in [6.45, 7) is 0.479. The van der Waals surface area contributed by atoms with Crippen LogP contribution >= 0.6 is 22.9 Å². The normalized spacial score (nSPS) is 10.4. The molecule has 1 aromatic heterocycles. The van der Waals surface area contributed by atoms with Gasteiger partial charge in [0.15, 0.2) is 5.13 Å². The van der Waals surface area contributed by atoms with Crippen LogP contribution in [0.3, 0.4) is 0 Å². The number of aromatic nitrogens is 1. The van der Waals surface area contributed by atoms with Crippen LogP contribution in [0.2, 0.25) is 5.02 Å². The quantitative estimate of drug-likeness (QED) is 0.888. The summed E-state index contributed by atoms with van der Waals surface area (Å²) < 4.78 is 12.9. The minimum atomic E-state index is -0.433. The Morgan fingerprint density at radius 2 is 2.31 bits per heavy atom. The summed E-state index contributed by atoms with van der Waals surface area (Å²) in [6.07, 6.45) is 0. The van der Waals surface area contributed by atoms with Crippen molar-refractivity contribution in [2.24, 2.45) is 0 Å². The second-order valence-electron chi connectivity index (χ2n) is 3.11. The largest absolute Gasteiger partial charge is 0.493 e. The SMILES string of the molecule is Oc1csc(NCc2ccc(F)c(Cl)c2)n1. The maximum absolute atomic E-state index is 12.9. The van der Waals surface area contributed by atoms with Crippen LogP contribution < -0.4 is 5.32 Å². The third-order valence-corrected chi connectivity index (χ3v) is 3.00. The molecule has 1 aromatic carbocycles. The highest BCUT2D eigenvalue weighted by atomic mass is 35.5. The van der Waals surface area contributed by atoms with Crippen LogP contribution in [0, 0.1) is 5.82 Å². The van der Waals surface area contributed by atoms with Crippen LogP contribution in [0.4, 0.5) is 9.52 Å². The van der Waals surface area contributed by atoms with Gasteiger partial charge < -0.3 is 10.4 Å². The minimum Gasteiger partial charge on any atom is -0.493 e. The lowest BCUT2D eigenvalue weighted by molar-refractivity contribution is 0.458. The van der Waals surface area contributed by atoms with E-state index in [-0.39, 0.29) is 10.9 Å². The van der Waals surface area contributed by atoms with E-state index in [1.807, 2.05) is 0 Å². The molecule has 2 rings (SSSR count). The highest BCUT2D eigenvalue weighted by Crippen LogP contribution is 2.21. The number of thiazole rings is 1. The Morgan fingerprint density at radius 1 is 1.50 bits per heavy atom. The van der Waals surface area contributed by atoms with E-state index in [1.54, 1.807) is 12.1 Å². The van der Waals surface area contributed by atoms with Gasteiger partial charge in [-0.3, -0.25) is 0 Å². The maximum atomic E-state index is 12.9. The number of halogens is 2. The maximum Gasteiger partial charge on any atom is 0.223 e. The van der Waals surface area contributed by atoms with Gasteiger partial charge in [-0.25, -0.2) is 4.39 Å². The van der Waals surface area contributed by atoms with Gasteiger partial charge in [-0.1, -0.05) is 17.7 Å². The van der Waals surface area contributed by atoms with Crippen molar-refractivity contribution in [3.8, 4) is 5.88 Å². The Hall–Kier alpha value is -1.33. The van der Waals surface area contributed by atoms with E-state index < -0.39 is 5.82 Å². The first-order valence-electron chi connectivity index (χ1n) is 4.47. The molecule has 84 valence electrons. The smallest absolute Gasteiger partial charge is 0.223 e. The van der Waals surface area contributed by atoms with Crippen LogP contribution in [0.25, 0.3) is 0 Å². The van der Waals surface area contributed by atoms with E-state index in [0.717, 1.165) is 5.56 Å². The van der Waals surface area contributed by atoms with Crippen molar-refractivity contribution in [2.45, 2.75) is 6.54 Å². The zero-order chi connectivity index (χ0) is 11.5. The van der Waals surface area contributed by atoms with Crippen molar-refractivity contribution < 1.29 is 9.50 Å². The minimum absolute atomic E-state index is 0.00959. The predicted octanol–water partition coefficient (Wildman–Crippen LogP) is 3.25. The monoisotopic (exact) mass is 258 g/mol. The van der Waals surface area contributed by atoms with Crippen LogP contribution in [0.1, 0.15) is 5.56 Å². The van der Waals surface area contributed by atoms with Crippen molar-refractivity contribution in [1.29, 1.82) is 0 Å². The molecule has 16 heavy (non-hydrogen) atoms. The molecule has 3 nitrogen and oxygen atoms in total. The summed E-state index contributed by atoms with van der Waals surface area (Å²) in [5.41, 5.74) is 0.848. The molecule has 6 heteroatoms. The second-order valence-corrected chi connectivity index (χ2v) is 4.38. The van der Waals surface area contributed by atoms with Crippen LogP contribution in [-0.2, 0) is 6.54 Å².